The van der Waals surface area contributed by atoms with Crippen molar-refractivity contribution >= 4 is 6.34 Å². The zero-order valence-electron chi connectivity index (χ0n) is 8.55. The van der Waals surface area contributed by atoms with Gasteiger partial charge in [-0.1, -0.05) is 13.3 Å². The third kappa shape index (κ3) is 9.43. The van der Waals surface area contributed by atoms with Crippen LogP contribution < -0.4 is 5.48 Å². The monoisotopic (exact) mass is 172 g/mol. The van der Waals surface area contributed by atoms with Crippen LogP contribution in [0, 0.1) is 0 Å². The highest BCUT2D eigenvalue weighted by Gasteiger charge is 2.08. The molecular formula is C9H20N2O. The number of aliphatic imine (C=N–C) groups is 1. The molecule has 3 heteroatoms. The number of hydrogen-bond donors (Lipinski definition) is 1. The molecule has 0 spiro atoms. The fraction of sp³-hybridized carbons (Fsp3) is 0.889. The summed E-state index contributed by atoms with van der Waals surface area (Å²) >= 11 is 0. The lowest BCUT2D eigenvalue weighted by Crippen LogP contribution is -2.28. The van der Waals surface area contributed by atoms with Gasteiger partial charge in [0.1, 0.15) is 6.34 Å². The van der Waals surface area contributed by atoms with E-state index in [-0.39, 0.29) is 5.60 Å². The summed E-state index contributed by atoms with van der Waals surface area (Å²) in [4.78, 5) is 9.31. The van der Waals surface area contributed by atoms with Crippen molar-refractivity contribution in [1.82, 2.24) is 5.48 Å². The molecule has 1 N–H and O–H groups in total. The van der Waals surface area contributed by atoms with Gasteiger partial charge in [-0.05, 0) is 27.2 Å². The standard InChI is InChI=1S/C9H20N2O/c1-5-6-7-10-8-11-12-9(2,3)4/h8H,5-7H2,1-4H3,(H,10,11). The predicted octanol–water partition coefficient (Wildman–Crippen LogP) is 2.13. The van der Waals surface area contributed by atoms with Crippen LogP contribution in [0.1, 0.15) is 40.5 Å². The lowest BCUT2D eigenvalue weighted by Gasteiger charge is -2.17. The van der Waals surface area contributed by atoms with Gasteiger partial charge < -0.3 is 0 Å². The topological polar surface area (TPSA) is 33.6 Å². The van der Waals surface area contributed by atoms with Crippen LogP contribution in [0.3, 0.4) is 0 Å². The van der Waals surface area contributed by atoms with E-state index in [1.54, 1.807) is 6.34 Å². The summed E-state index contributed by atoms with van der Waals surface area (Å²) in [5.74, 6) is 0. The summed E-state index contributed by atoms with van der Waals surface area (Å²) in [5, 5.41) is 0. The van der Waals surface area contributed by atoms with E-state index in [0.717, 1.165) is 13.0 Å². The SMILES string of the molecule is CCCCN=CNOC(C)(C)C. The van der Waals surface area contributed by atoms with E-state index in [0.29, 0.717) is 0 Å². The Balaban J connectivity index is 3.25. The minimum Gasteiger partial charge on any atom is -0.274 e. The maximum Gasteiger partial charge on any atom is 0.107 e. The molecule has 0 fully saturated rings. The molecule has 0 rings (SSSR count). The summed E-state index contributed by atoms with van der Waals surface area (Å²) < 4.78 is 0. The van der Waals surface area contributed by atoms with E-state index in [9.17, 15) is 0 Å². The maximum absolute atomic E-state index is 5.21. The summed E-state index contributed by atoms with van der Waals surface area (Å²) in [6, 6.07) is 0. The molecule has 0 saturated carbocycles. The van der Waals surface area contributed by atoms with Gasteiger partial charge in [0.15, 0.2) is 0 Å². The van der Waals surface area contributed by atoms with E-state index < -0.39 is 0 Å². The summed E-state index contributed by atoms with van der Waals surface area (Å²) in [6.07, 6.45) is 3.92. The largest absolute Gasteiger partial charge is 0.274 e. The van der Waals surface area contributed by atoms with Gasteiger partial charge in [-0.3, -0.25) is 15.3 Å². The molecule has 0 aromatic carbocycles. The van der Waals surface area contributed by atoms with Crippen molar-refractivity contribution in [3.8, 4) is 0 Å². The molecule has 0 aliphatic rings. The lowest BCUT2D eigenvalue weighted by molar-refractivity contribution is -0.0402. The van der Waals surface area contributed by atoms with E-state index in [2.05, 4.69) is 17.4 Å². The summed E-state index contributed by atoms with van der Waals surface area (Å²) in [5.41, 5.74) is 2.54. The smallest absolute Gasteiger partial charge is 0.107 e. The Morgan fingerprint density at radius 3 is 2.58 bits per heavy atom. The molecule has 0 heterocycles. The maximum atomic E-state index is 5.21. The Bertz CT molecular complexity index is 127. The molecule has 0 bridgehead atoms. The first-order chi connectivity index (χ1) is 5.56. The summed E-state index contributed by atoms with van der Waals surface area (Å²) in [7, 11) is 0. The van der Waals surface area contributed by atoms with Crippen molar-refractivity contribution in [1.29, 1.82) is 0 Å². The van der Waals surface area contributed by atoms with Crippen LogP contribution >= 0.6 is 0 Å². The molecule has 12 heavy (non-hydrogen) atoms. The van der Waals surface area contributed by atoms with Crippen molar-refractivity contribution in [2.24, 2.45) is 4.99 Å². The Morgan fingerprint density at radius 2 is 2.08 bits per heavy atom. The fourth-order valence-electron chi connectivity index (χ4n) is 0.554. The minimum absolute atomic E-state index is 0.156. The number of nitrogens with one attached hydrogen (secondary N) is 1. The highest BCUT2D eigenvalue weighted by Crippen LogP contribution is 2.02. The molecule has 0 saturated heterocycles. The number of rotatable bonds is 5. The number of unbranched alkanes of at least 4 members (excludes halogenated alkanes) is 1. The molecule has 0 aromatic heterocycles. The highest BCUT2D eigenvalue weighted by atomic mass is 16.7. The molecule has 0 atom stereocenters. The first kappa shape index (κ1) is 11.4. The summed E-state index contributed by atoms with van der Waals surface area (Å²) in [6.45, 7) is 8.98. The third-order valence-corrected chi connectivity index (χ3v) is 1.15. The second-order valence-corrected chi connectivity index (χ2v) is 3.72. The Labute approximate surface area is 75.2 Å². The van der Waals surface area contributed by atoms with Crippen molar-refractivity contribution < 1.29 is 4.84 Å². The zero-order chi connectivity index (χ0) is 9.45. The Kier molecular flexibility index (Phi) is 5.72. The van der Waals surface area contributed by atoms with Gasteiger partial charge in [-0.15, -0.1) is 0 Å². The van der Waals surface area contributed by atoms with Crippen molar-refractivity contribution in [3.63, 3.8) is 0 Å². The molecule has 0 unspecified atom stereocenters. The molecular weight excluding hydrogens is 152 g/mol. The normalized spacial score (nSPS) is 12.3. The van der Waals surface area contributed by atoms with Crippen LogP contribution in [0.2, 0.25) is 0 Å². The van der Waals surface area contributed by atoms with Gasteiger partial charge in [0.25, 0.3) is 0 Å². The van der Waals surface area contributed by atoms with Crippen LogP contribution in [-0.2, 0) is 4.84 Å². The average Bonchev–Trinajstić information content (AvgIpc) is 1.94. The van der Waals surface area contributed by atoms with Crippen molar-refractivity contribution in [2.45, 2.75) is 46.1 Å². The molecule has 0 aliphatic heterocycles. The van der Waals surface area contributed by atoms with E-state index in [1.165, 1.54) is 6.42 Å². The first-order valence-corrected chi connectivity index (χ1v) is 4.48. The zero-order valence-corrected chi connectivity index (χ0v) is 8.55. The van der Waals surface area contributed by atoms with Gasteiger partial charge in [0, 0.05) is 6.54 Å². The van der Waals surface area contributed by atoms with E-state index in [1.807, 2.05) is 20.8 Å². The Morgan fingerprint density at radius 1 is 1.42 bits per heavy atom. The molecule has 72 valence electrons. The van der Waals surface area contributed by atoms with Crippen molar-refractivity contribution in [3.05, 3.63) is 0 Å². The van der Waals surface area contributed by atoms with Gasteiger partial charge in [-0.25, -0.2) is 0 Å². The van der Waals surface area contributed by atoms with Crippen LogP contribution in [0.25, 0.3) is 0 Å². The highest BCUT2D eigenvalue weighted by molar-refractivity contribution is 5.52. The van der Waals surface area contributed by atoms with Crippen LogP contribution in [0.15, 0.2) is 4.99 Å². The second kappa shape index (κ2) is 6.00. The van der Waals surface area contributed by atoms with E-state index in [4.69, 9.17) is 4.84 Å². The van der Waals surface area contributed by atoms with Gasteiger partial charge in [0.2, 0.25) is 0 Å². The Hall–Kier alpha value is -0.570. The molecule has 0 aliphatic carbocycles. The molecule has 0 aromatic rings. The fourth-order valence-corrected chi connectivity index (χ4v) is 0.554. The lowest BCUT2D eigenvalue weighted by atomic mass is 10.2. The third-order valence-electron chi connectivity index (χ3n) is 1.15. The van der Waals surface area contributed by atoms with E-state index >= 15 is 0 Å². The number of hydroxylamine groups is 1. The molecule has 0 radical (unpaired) electrons. The van der Waals surface area contributed by atoms with Gasteiger partial charge >= 0.3 is 0 Å². The molecule has 0 amide bonds. The van der Waals surface area contributed by atoms with Crippen LogP contribution in [0.5, 0.6) is 0 Å². The van der Waals surface area contributed by atoms with Crippen LogP contribution in [-0.4, -0.2) is 18.5 Å². The van der Waals surface area contributed by atoms with Crippen LogP contribution in [0.4, 0.5) is 0 Å². The average molecular weight is 172 g/mol. The van der Waals surface area contributed by atoms with Gasteiger partial charge in [0.05, 0.1) is 5.60 Å². The van der Waals surface area contributed by atoms with Gasteiger partial charge in [-0.2, -0.15) is 0 Å². The first-order valence-electron chi connectivity index (χ1n) is 4.48. The quantitative estimate of drug-likeness (QED) is 0.298. The minimum atomic E-state index is -0.156. The number of hydrogen-bond acceptors (Lipinski definition) is 2. The number of nitrogens with zero attached hydrogens (tertiary/aromatic N) is 1. The predicted molar refractivity (Wildman–Crippen MR) is 52.2 cm³/mol. The van der Waals surface area contributed by atoms with Crippen molar-refractivity contribution in [2.75, 3.05) is 6.54 Å². The molecule has 3 nitrogen and oxygen atoms in total. The second-order valence-electron chi connectivity index (χ2n) is 3.72.